The van der Waals surface area contributed by atoms with Gasteiger partial charge in [0.15, 0.2) is 0 Å². The van der Waals surface area contributed by atoms with Crippen molar-refractivity contribution in [1.29, 1.82) is 0 Å². The van der Waals surface area contributed by atoms with E-state index in [2.05, 4.69) is 57.5 Å². The molecule has 2 rings (SSSR count). The Balaban J connectivity index is 2.42. The number of hydrogen-bond acceptors (Lipinski definition) is 4. The Labute approximate surface area is 174 Å². The van der Waals surface area contributed by atoms with Gasteiger partial charge in [-0.25, -0.2) is 0 Å². The highest BCUT2D eigenvalue weighted by Crippen LogP contribution is 2.35. The van der Waals surface area contributed by atoms with Gasteiger partial charge >= 0.3 is 0 Å². The molecule has 0 aliphatic carbocycles. The Bertz CT molecular complexity index is 679. The molecule has 4 nitrogen and oxygen atoms in total. The lowest BCUT2D eigenvalue weighted by Crippen LogP contribution is -2.54. The fraction of sp³-hybridized carbons (Fsp3) is 0.667. The first-order valence-corrected chi connectivity index (χ1v) is 10.6. The summed E-state index contributed by atoms with van der Waals surface area (Å²) in [5.41, 5.74) is 1.58. The van der Waals surface area contributed by atoms with Crippen LogP contribution in [-0.4, -0.2) is 36.9 Å². The van der Waals surface area contributed by atoms with Crippen molar-refractivity contribution >= 4 is 40.8 Å². The zero-order valence-electron chi connectivity index (χ0n) is 17.5. The molecule has 3 N–H and O–H groups in total. The summed E-state index contributed by atoms with van der Waals surface area (Å²) in [6.07, 6.45) is 4.20. The molecule has 0 aromatic heterocycles. The van der Waals surface area contributed by atoms with Crippen molar-refractivity contribution in [2.75, 3.05) is 25.0 Å². The van der Waals surface area contributed by atoms with E-state index in [0.717, 1.165) is 43.9 Å². The normalized spacial score (nSPS) is 21.9. The van der Waals surface area contributed by atoms with Crippen molar-refractivity contribution < 1.29 is 0 Å². The molecular formula is C21H34Cl2N4. The second kappa shape index (κ2) is 8.69. The number of fused-ring (bicyclic) bond motifs is 1. The number of halogens is 2. The van der Waals surface area contributed by atoms with Crippen LogP contribution >= 0.6 is 23.2 Å². The van der Waals surface area contributed by atoms with Crippen LogP contribution < -0.4 is 16.0 Å². The van der Waals surface area contributed by atoms with Crippen LogP contribution in [-0.2, 0) is 0 Å². The third-order valence-electron chi connectivity index (χ3n) is 5.65. The van der Waals surface area contributed by atoms with Gasteiger partial charge in [-0.3, -0.25) is 4.99 Å². The summed E-state index contributed by atoms with van der Waals surface area (Å²) >= 11 is 12.5. The average Bonchev–Trinajstić information content (AvgIpc) is 2.62. The zero-order chi connectivity index (χ0) is 20.3. The van der Waals surface area contributed by atoms with Gasteiger partial charge in [0, 0.05) is 36.9 Å². The predicted octanol–water partition coefficient (Wildman–Crippen LogP) is 5.66. The molecule has 1 aromatic rings. The minimum absolute atomic E-state index is 0.0771. The second-order valence-corrected chi connectivity index (χ2v) is 9.73. The van der Waals surface area contributed by atoms with Crippen molar-refractivity contribution in [3.63, 3.8) is 0 Å². The van der Waals surface area contributed by atoms with E-state index >= 15 is 0 Å². The summed E-state index contributed by atoms with van der Waals surface area (Å²) < 4.78 is 0. The van der Waals surface area contributed by atoms with Crippen LogP contribution in [0.1, 0.15) is 54.4 Å². The number of nitrogens with one attached hydrogen (secondary N) is 3. The quantitative estimate of drug-likeness (QED) is 0.586. The minimum atomic E-state index is -0.234. The van der Waals surface area contributed by atoms with E-state index in [-0.39, 0.29) is 16.5 Å². The first-order chi connectivity index (χ1) is 12.5. The second-order valence-electron chi connectivity index (χ2n) is 8.92. The van der Waals surface area contributed by atoms with E-state index in [9.17, 15) is 0 Å². The zero-order valence-corrected chi connectivity index (χ0v) is 19.0. The van der Waals surface area contributed by atoms with E-state index in [1.165, 1.54) is 0 Å². The average molecular weight is 413 g/mol. The van der Waals surface area contributed by atoms with E-state index in [0.29, 0.717) is 10.0 Å². The van der Waals surface area contributed by atoms with Gasteiger partial charge in [0.25, 0.3) is 0 Å². The number of aliphatic imine (C=N–C) groups is 1. The molecule has 0 spiro atoms. The maximum Gasteiger partial charge on any atom is 0.0873 e. The van der Waals surface area contributed by atoms with E-state index < -0.39 is 0 Å². The predicted molar refractivity (Wildman–Crippen MR) is 120 cm³/mol. The summed E-state index contributed by atoms with van der Waals surface area (Å²) in [7, 11) is 0. The van der Waals surface area contributed by atoms with Crippen LogP contribution in [0.3, 0.4) is 0 Å². The van der Waals surface area contributed by atoms with Crippen molar-refractivity contribution in [3.8, 4) is 0 Å². The first-order valence-electron chi connectivity index (χ1n) is 9.80. The molecule has 1 aliphatic rings. The van der Waals surface area contributed by atoms with Crippen molar-refractivity contribution in [3.05, 3.63) is 22.2 Å². The van der Waals surface area contributed by atoms with E-state index in [4.69, 9.17) is 28.2 Å². The lowest BCUT2D eigenvalue weighted by molar-refractivity contribution is 0.202. The molecule has 27 heavy (non-hydrogen) atoms. The molecule has 0 unspecified atom stereocenters. The fourth-order valence-corrected chi connectivity index (χ4v) is 3.42. The number of benzene rings is 1. The van der Waals surface area contributed by atoms with Crippen molar-refractivity contribution in [2.45, 2.75) is 65.5 Å². The molecule has 0 saturated heterocycles. The van der Waals surface area contributed by atoms with Crippen molar-refractivity contribution in [2.24, 2.45) is 10.4 Å². The maximum absolute atomic E-state index is 6.25. The highest BCUT2D eigenvalue weighted by atomic mass is 35.5. The van der Waals surface area contributed by atoms with Crippen LogP contribution in [0.2, 0.25) is 10.0 Å². The minimum Gasteiger partial charge on any atom is -0.381 e. The van der Waals surface area contributed by atoms with Gasteiger partial charge in [0.1, 0.15) is 0 Å². The Morgan fingerprint density at radius 3 is 2.15 bits per heavy atom. The summed E-state index contributed by atoms with van der Waals surface area (Å²) in [5, 5.41) is 12.0. The van der Waals surface area contributed by atoms with Crippen molar-refractivity contribution in [1.82, 2.24) is 10.6 Å². The highest BCUT2D eigenvalue weighted by molar-refractivity contribution is 6.42. The molecule has 152 valence electrons. The monoisotopic (exact) mass is 412 g/mol. The highest BCUT2D eigenvalue weighted by Gasteiger charge is 2.31. The fourth-order valence-electron chi connectivity index (χ4n) is 3.09. The third kappa shape index (κ3) is 6.08. The van der Waals surface area contributed by atoms with Gasteiger partial charge in [0.2, 0.25) is 0 Å². The molecule has 0 fully saturated rings. The largest absolute Gasteiger partial charge is 0.381 e. The van der Waals surface area contributed by atoms with Crippen LogP contribution in [0.4, 0.5) is 11.4 Å². The molecule has 0 bridgehead atoms. The standard InChI is InChI=1S/C21H34Cl2N4/c1-7-21(8-2)13-26-19(3,4)11-24-17-9-15(22)16(23)10-18(17)25-12-20(5,6)27-14-21/h9-11,25-27H,7-8,12-14H2,1-6H3. The van der Waals surface area contributed by atoms with Gasteiger partial charge in [-0.1, -0.05) is 37.0 Å². The molecule has 1 aliphatic heterocycles. The first kappa shape index (κ1) is 22.5. The van der Waals surface area contributed by atoms with Gasteiger partial charge < -0.3 is 16.0 Å². The molecule has 0 atom stereocenters. The molecule has 6 heteroatoms. The summed E-state index contributed by atoms with van der Waals surface area (Å²) in [6, 6.07) is 3.68. The molecule has 1 heterocycles. The van der Waals surface area contributed by atoms with Gasteiger partial charge in [0.05, 0.1) is 21.4 Å². The number of rotatable bonds is 2. The van der Waals surface area contributed by atoms with Crippen LogP contribution in [0.15, 0.2) is 17.1 Å². The Kier molecular flexibility index (Phi) is 7.23. The van der Waals surface area contributed by atoms with Crippen LogP contribution in [0.5, 0.6) is 0 Å². The van der Waals surface area contributed by atoms with Crippen LogP contribution in [0.25, 0.3) is 0 Å². The molecular weight excluding hydrogens is 379 g/mol. The Hall–Kier alpha value is -0.810. The molecule has 0 radical (unpaired) electrons. The van der Waals surface area contributed by atoms with Crippen LogP contribution in [0, 0.1) is 5.41 Å². The number of nitrogens with zero attached hydrogens (tertiary/aromatic N) is 1. The van der Waals surface area contributed by atoms with E-state index in [1.807, 2.05) is 18.3 Å². The number of anilines is 1. The topological polar surface area (TPSA) is 48.5 Å². The number of hydrogen-bond donors (Lipinski definition) is 3. The van der Waals surface area contributed by atoms with Gasteiger partial charge in [-0.15, -0.1) is 0 Å². The molecule has 0 amide bonds. The summed E-state index contributed by atoms with van der Waals surface area (Å²) in [5.74, 6) is 0. The Morgan fingerprint density at radius 2 is 1.52 bits per heavy atom. The summed E-state index contributed by atoms with van der Waals surface area (Å²) in [4.78, 5) is 4.74. The van der Waals surface area contributed by atoms with Gasteiger partial charge in [-0.05, 0) is 58.1 Å². The smallest absolute Gasteiger partial charge is 0.0873 e. The van der Waals surface area contributed by atoms with E-state index in [1.54, 1.807) is 0 Å². The lowest BCUT2D eigenvalue weighted by atomic mass is 9.80. The summed E-state index contributed by atoms with van der Waals surface area (Å²) in [6.45, 7) is 15.9. The SMILES string of the molecule is CCC1(CC)CNC(C)(C)C=Nc2cc(Cl)c(Cl)cc2NCC(C)(C)NC1. The molecule has 1 aromatic carbocycles. The lowest BCUT2D eigenvalue weighted by Gasteiger charge is -2.39. The molecule has 0 saturated carbocycles. The third-order valence-corrected chi connectivity index (χ3v) is 6.37. The maximum atomic E-state index is 6.25. The van der Waals surface area contributed by atoms with Gasteiger partial charge in [-0.2, -0.15) is 0 Å². The Morgan fingerprint density at radius 1 is 0.926 bits per heavy atom.